The minimum absolute atomic E-state index is 0.0243. The molecule has 0 bridgehead atoms. The number of aryl methyl sites for hydroxylation is 1. The van der Waals surface area contributed by atoms with E-state index in [1.807, 2.05) is 0 Å². The van der Waals surface area contributed by atoms with Crippen molar-refractivity contribution in [2.45, 2.75) is 13.1 Å². The van der Waals surface area contributed by atoms with Crippen LogP contribution in [0.2, 0.25) is 0 Å². The molecule has 0 radical (unpaired) electrons. The number of nitrogen functional groups attached to an aromatic ring is 1. The van der Waals surface area contributed by atoms with Crippen molar-refractivity contribution in [3.8, 4) is 0 Å². The number of halogens is 4. The van der Waals surface area contributed by atoms with Crippen molar-refractivity contribution in [3.63, 3.8) is 0 Å². The van der Waals surface area contributed by atoms with Gasteiger partial charge in [0.25, 0.3) is 0 Å². The van der Waals surface area contributed by atoms with Gasteiger partial charge in [-0.25, -0.2) is 15.8 Å². The van der Waals surface area contributed by atoms with Crippen LogP contribution in [0.15, 0.2) is 28.7 Å². The second-order valence-corrected chi connectivity index (χ2v) is 5.00. The van der Waals surface area contributed by atoms with Gasteiger partial charge in [0.1, 0.15) is 17.5 Å². The van der Waals surface area contributed by atoms with Gasteiger partial charge in [-0.3, -0.25) is 0 Å². The summed E-state index contributed by atoms with van der Waals surface area (Å²) in [5.41, 5.74) is 1.85. The van der Waals surface area contributed by atoms with E-state index in [9.17, 15) is 13.2 Å². The quantitative estimate of drug-likeness (QED) is 0.575. The SMILES string of the molecule is Cc1nc(NN)cc(Nc2ccc(Br)c(C(F)(F)F)c2)n1. The average molecular weight is 362 g/mol. The molecule has 21 heavy (non-hydrogen) atoms. The molecular formula is C12H11BrF3N5. The second kappa shape index (κ2) is 5.86. The van der Waals surface area contributed by atoms with Crippen LogP contribution >= 0.6 is 15.9 Å². The number of benzene rings is 1. The zero-order valence-electron chi connectivity index (χ0n) is 10.8. The van der Waals surface area contributed by atoms with E-state index in [2.05, 4.69) is 36.6 Å². The molecule has 0 unspecified atom stereocenters. The maximum Gasteiger partial charge on any atom is 0.417 e. The third-order valence-electron chi connectivity index (χ3n) is 2.53. The number of nitrogens with zero attached hydrogens (tertiary/aromatic N) is 2. The Balaban J connectivity index is 2.34. The first-order valence-electron chi connectivity index (χ1n) is 5.75. The highest BCUT2D eigenvalue weighted by atomic mass is 79.9. The zero-order chi connectivity index (χ0) is 15.6. The Bertz CT molecular complexity index is 660. The van der Waals surface area contributed by atoms with Gasteiger partial charge in [0.05, 0.1) is 5.56 Å². The van der Waals surface area contributed by atoms with Crippen molar-refractivity contribution in [3.05, 3.63) is 40.1 Å². The highest BCUT2D eigenvalue weighted by molar-refractivity contribution is 9.10. The summed E-state index contributed by atoms with van der Waals surface area (Å²) in [5.74, 6) is 6.39. The Morgan fingerprint density at radius 3 is 2.43 bits per heavy atom. The normalized spacial score (nSPS) is 11.3. The molecule has 0 aliphatic carbocycles. The Morgan fingerprint density at radius 2 is 1.81 bits per heavy atom. The molecule has 0 aliphatic heterocycles. The van der Waals surface area contributed by atoms with Gasteiger partial charge in [0, 0.05) is 16.2 Å². The van der Waals surface area contributed by atoms with Crippen LogP contribution in [0.1, 0.15) is 11.4 Å². The van der Waals surface area contributed by atoms with Gasteiger partial charge in [0.2, 0.25) is 0 Å². The van der Waals surface area contributed by atoms with Crippen LogP contribution in [0.5, 0.6) is 0 Å². The number of hydrazine groups is 1. The lowest BCUT2D eigenvalue weighted by molar-refractivity contribution is -0.138. The van der Waals surface area contributed by atoms with E-state index in [4.69, 9.17) is 5.84 Å². The molecule has 0 amide bonds. The van der Waals surface area contributed by atoms with E-state index in [-0.39, 0.29) is 10.2 Å². The number of alkyl halides is 3. The smallest absolute Gasteiger partial charge is 0.340 e. The summed E-state index contributed by atoms with van der Waals surface area (Å²) in [6.45, 7) is 1.65. The van der Waals surface area contributed by atoms with Gasteiger partial charge in [-0.15, -0.1) is 0 Å². The molecule has 0 saturated carbocycles. The molecule has 5 nitrogen and oxygen atoms in total. The number of aromatic nitrogens is 2. The summed E-state index contributed by atoms with van der Waals surface area (Å²) >= 11 is 2.89. The molecule has 4 N–H and O–H groups in total. The molecule has 0 spiro atoms. The molecular weight excluding hydrogens is 351 g/mol. The molecule has 1 aromatic heterocycles. The topological polar surface area (TPSA) is 75.9 Å². The molecule has 0 atom stereocenters. The van der Waals surface area contributed by atoms with Crippen LogP contribution in [-0.4, -0.2) is 9.97 Å². The van der Waals surface area contributed by atoms with Gasteiger partial charge in [-0.1, -0.05) is 15.9 Å². The third kappa shape index (κ3) is 3.82. The molecule has 2 aromatic rings. The van der Waals surface area contributed by atoms with Crippen LogP contribution in [-0.2, 0) is 6.18 Å². The van der Waals surface area contributed by atoms with E-state index in [0.717, 1.165) is 6.07 Å². The summed E-state index contributed by atoms with van der Waals surface area (Å²) in [5, 5.41) is 2.79. The van der Waals surface area contributed by atoms with Gasteiger partial charge >= 0.3 is 6.18 Å². The lowest BCUT2D eigenvalue weighted by Gasteiger charge is -2.13. The number of hydrogen-bond acceptors (Lipinski definition) is 5. The molecule has 1 heterocycles. The van der Waals surface area contributed by atoms with Crippen molar-refractivity contribution in [1.82, 2.24) is 9.97 Å². The lowest BCUT2D eigenvalue weighted by Crippen LogP contribution is -2.11. The number of nitrogens with two attached hydrogens (primary N) is 1. The third-order valence-corrected chi connectivity index (χ3v) is 3.22. The molecule has 0 saturated heterocycles. The highest BCUT2D eigenvalue weighted by Gasteiger charge is 2.33. The minimum Gasteiger partial charge on any atom is -0.340 e. The molecule has 1 aromatic carbocycles. The van der Waals surface area contributed by atoms with E-state index < -0.39 is 11.7 Å². The first kappa shape index (κ1) is 15.5. The van der Waals surface area contributed by atoms with Crippen molar-refractivity contribution in [1.29, 1.82) is 0 Å². The standard InChI is InChI=1S/C12H11BrF3N5/c1-6-18-10(5-11(19-6)21-17)20-7-2-3-9(13)8(4-7)12(14,15)16/h2-5H,17H2,1H3,(H2,18,19,20,21). The van der Waals surface area contributed by atoms with Crippen LogP contribution in [0, 0.1) is 6.92 Å². The van der Waals surface area contributed by atoms with E-state index in [0.29, 0.717) is 17.5 Å². The Morgan fingerprint density at radius 1 is 1.14 bits per heavy atom. The number of anilines is 3. The molecule has 9 heteroatoms. The predicted molar refractivity (Wildman–Crippen MR) is 77.0 cm³/mol. The fourth-order valence-electron chi connectivity index (χ4n) is 1.67. The first-order valence-corrected chi connectivity index (χ1v) is 6.55. The average Bonchev–Trinajstić information content (AvgIpc) is 2.39. The van der Waals surface area contributed by atoms with Crippen LogP contribution in [0.3, 0.4) is 0 Å². The predicted octanol–water partition coefficient (Wildman–Crippen LogP) is 3.60. The van der Waals surface area contributed by atoms with Crippen molar-refractivity contribution in [2.75, 3.05) is 10.7 Å². The Hall–Kier alpha value is -1.87. The summed E-state index contributed by atoms with van der Waals surface area (Å²) in [7, 11) is 0. The van der Waals surface area contributed by atoms with Crippen molar-refractivity contribution in [2.24, 2.45) is 5.84 Å². The number of nitrogens with one attached hydrogen (secondary N) is 2. The molecule has 2 rings (SSSR count). The van der Waals surface area contributed by atoms with E-state index >= 15 is 0 Å². The van der Waals surface area contributed by atoms with Crippen LogP contribution in [0.4, 0.5) is 30.5 Å². The fourth-order valence-corrected chi connectivity index (χ4v) is 2.15. The largest absolute Gasteiger partial charge is 0.417 e. The van der Waals surface area contributed by atoms with Crippen LogP contribution < -0.4 is 16.6 Å². The minimum atomic E-state index is -4.44. The Kier molecular flexibility index (Phi) is 4.33. The fraction of sp³-hybridized carbons (Fsp3) is 0.167. The lowest BCUT2D eigenvalue weighted by atomic mass is 10.2. The number of hydrogen-bond donors (Lipinski definition) is 3. The second-order valence-electron chi connectivity index (χ2n) is 4.15. The number of rotatable bonds is 3. The van der Waals surface area contributed by atoms with Gasteiger partial charge in [-0.2, -0.15) is 13.2 Å². The maximum absolute atomic E-state index is 12.8. The molecule has 0 aliphatic rings. The van der Waals surface area contributed by atoms with Gasteiger partial charge in [-0.05, 0) is 25.1 Å². The molecule has 0 fully saturated rings. The van der Waals surface area contributed by atoms with Gasteiger partial charge < -0.3 is 10.7 Å². The van der Waals surface area contributed by atoms with E-state index in [1.165, 1.54) is 18.2 Å². The summed E-state index contributed by atoms with van der Waals surface area (Å²) < 4.78 is 38.5. The van der Waals surface area contributed by atoms with Crippen molar-refractivity contribution >= 4 is 33.3 Å². The monoisotopic (exact) mass is 361 g/mol. The van der Waals surface area contributed by atoms with Crippen LogP contribution in [0.25, 0.3) is 0 Å². The highest BCUT2D eigenvalue weighted by Crippen LogP contribution is 2.36. The summed E-state index contributed by atoms with van der Waals surface area (Å²) in [4.78, 5) is 8.07. The first-order chi connectivity index (χ1) is 9.79. The zero-order valence-corrected chi connectivity index (χ0v) is 12.4. The molecule has 112 valence electrons. The summed E-state index contributed by atoms with van der Waals surface area (Å²) in [6.07, 6.45) is -4.44. The Labute approximate surface area is 126 Å². The van der Waals surface area contributed by atoms with Gasteiger partial charge in [0.15, 0.2) is 0 Å². The van der Waals surface area contributed by atoms with Crippen molar-refractivity contribution < 1.29 is 13.2 Å². The summed E-state index contributed by atoms with van der Waals surface area (Å²) in [6, 6.07) is 5.31. The van der Waals surface area contributed by atoms with E-state index in [1.54, 1.807) is 6.92 Å². The maximum atomic E-state index is 12.8.